The van der Waals surface area contributed by atoms with Crippen molar-refractivity contribution in [3.8, 4) is 0 Å². The van der Waals surface area contributed by atoms with Crippen LogP contribution in [-0.2, 0) is 14.3 Å². The monoisotopic (exact) mass is 441 g/mol. The maximum absolute atomic E-state index is 14.1. The second-order valence-electron chi connectivity index (χ2n) is 7.30. The minimum Gasteiger partial charge on any atom is -0.379 e. The number of thioether (sulfide) groups is 1. The molecule has 0 atom stereocenters. The van der Waals surface area contributed by atoms with Crippen LogP contribution in [0.5, 0.6) is 0 Å². The summed E-state index contributed by atoms with van der Waals surface area (Å²) < 4.78 is 19.4. The van der Waals surface area contributed by atoms with Crippen LogP contribution < -0.4 is 10.2 Å². The number of benzene rings is 2. The highest BCUT2D eigenvalue weighted by Gasteiger charge is 2.30. The van der Waals surface area contributed by atoms with Crippen molar-refractivity contribution >= 4 is 35.3 Å². The predicted octanol–water partition coefficient (Wildman–Crippen LogP) is 2.75. The molecule has 2 aromatic carbocycles. The molecule has 0 aromatic heterocycles. The zero-order valence-corrected chi connectivity index (χ0v) is 17.9. The molecule has 6 nitrogen and oxygen atoms in total. The summed E-state index contributed by atoms with van der Waals surface area (Å²) in [4.78, 5) is 30.7. The first-order chi connectivity index (χ1) is 15.1. The van der Waals surface area contributed by atoms with Crippen molar-refractivity contribution in [3.63, 3.8) is 0 Å². The normalized spacial score (nSPS) is 18.2. The number of nitrogens with zero attached hydrogens (tertiary/aromatic N) is 2. The Morgan fingerprint density at radius 3 is 2.68 bits per heavy atom. The predicted molar refractivity (Wildman–Crippen MR) is 119 cm³/mol. The van der Waals surface area contributed by atoms with Crippen LogP contribution in [0.4, 0.5) is 10.1 Å². The highest BCUT2D eigenvalue weighted by molar-refractivity contribution is 8.04. The van der Waals surface area contributed by atoms with Gasteiger partial charge >= 0.3 is 0 Å². The summed E-state index contributed by atoms with van der Waals surface area (Å²) in [7, 11) is 0. The van der Waals surface area contributed by atoms with E-state index >= 15 is 0 Å². The van der Waals surface area contributed by atoms with Crippen molar-refractivity contribution in [2.45, 2.75) is 4.90 Å². The maximum atomic E-state index is 14.1. The molecule has 8 heteroatoms. The van der Waals surface area contributed by atoms with Gasteiger partial charge in [0, 0.05) is 36.6 Å². The molecule has 0 bridgehead atoms. The highest BCUT2D eigenvalue weighted by atomic mass is 32.2. The Balaban J connectivity index is 1.47. The number of anilines is 1. The standard InChI is InChI=1S/C23H24FN3O3S/c24-18-6-2-1-5-17(18)15-21-23(29)27(19-7-3-4-8-20(19)31-21)16-22(28)25-9-10-26-11-13-30-14-12-26/h1-8,15H,9-14,16H2,(H,25,28)/b21-15-. The quantitative estimate of drug-likeness (QED) is 0.699. The zero-order chi connectivity index (χ0) is 21.6. The molecule has 0 spiro atoms. The van der Waals surface area contributed by atoms with Crippen LogP contribution in [0.1, 0.15) is 5.56 Å². The lowest BCUT2D eigenvalue weighted by Crippen LogP contribution is -2.45. The van der Waals surface area contributed by atoms with Gasteiger partial charge in [0.05, 0.1) is 23.8 Å². The van der Waals surface area contributed by atoms with Gasteiger partial charge in [0.1, 0.15) is 12.4 Å². The molecule has 31 heavy (non-hydrogen) atoms. The average molecular weight is 442 g/mol. The van der Waals surface area contributed by atoms with Crippen molar-refractivity contribution in [1.29, 1.82) is 0 Å². The Labute approximate surface area is 185 Å². The Kier molecular flexibility index (Phi) is 7.01. The van der Waals surface area contributed by atoms with Crippen LogP contribution in [0, 0.1) is 5.82 Å². The number of fused-ring (bicyclic) bond motifs is 1. The molecular formula is C23H24FN3O3S. The Bertz CT molecular complexity index is 992. The fraction of sp³-hybridized carbons (Fsp3) is 0.304. The number of hydrogen-bond donors (Lipinski definition) is 1. The van der Waals surface area contributed by atoms with Crippen LogP contribution >= 0.6 is 11.8 Å². The van der Waals surface area contributed by atoms with Crippen molar-refractivity contribution in [2.24, 2.45) is 0 Å². The number of amides is 2. The summed E-state index contributed by atoms with van der Waals surface area (Å²) in [6.45, 7) is 4.30. The lowest BCUT2D eigenvalue weighted by Gasteiger charge is -2.30. The van der Waals surface area contributed by atoms with Crippen molar-refractivity contribution < 1.29 is 18.7 Å². The van der Waals surface area contributed by atoms with E-state index in [4.69, 9.17) is 4.74 Å². The van der Waals surface area contributed by atoms with Gasteiger partial charge in [-0.1, -0.05) is 42.1 Å². The molecule has 1 N–H and O–H groups in total. The number of nitrogens with one attached hydrogen (secondary N) is 1. The Hall–Kier alpha value is -2.68. The van der Waals surface area contributed by atoms with Crippen LogP contribution in [0.15, 0.2) is 58.3 Å². The number of morpholine rings is 1. The lowest BCUT2D eigenvalue weighted by atomic mass is 10.2. The maximum Gasteiger partial charge on any atom is 0.265 e. The largest absolute Gasteiger partial charge is 0.379 e. The first-order valence-electron chi connectivity index (χ1n) is 10.2. The van der Waals surface area contributed by atoms with Gasteiger partial charge in [0.15, 0.2) is 0 Å². The summed E-state index contributed by atoms with van der Waals surface area (Å²) in [5, 5.41) is 2.90. The third kappa shape index (κ3) is 5.33. The summed E-state index contributed by atoms with van der Waals surface area (Å²) in [6, 6.07) is 13.7. The van der Waals surface area contributed by atoms with E-state index in [-0.39, 0.29) is 18.4 Å². The van der Waals surface area contributed by atoms with Crippen LogP contribution in [-0.4, -0.2) is 62.7 Å². The smallest absolute Gasteiger partial charge is 0.265 e. The number of halogens is 1. The highest BCUT2D eigenvalue weighted by Crippen LogP contribution is 2.42. The molecule has 2 heterocycles. The van der Waals surface area contributed by atoms with E-state index in [1.54, 1.807) is 24.3 Å². The number of para-hydroxylation sites is 1. The molecule has 1 saturated heterocycles. The third-order valence-corrected chi connectivity index (χ3v) is 6.26. The molecule has 4 rings (SSSR count). The Morgan fingerprint density at radius 1 is 1.13 bits per heavy atom. The van der Waals surface area contributed by atoms with Gasteiger partial charge in [-0.3, -0.25) is 19.4 Å². The first-order valence-corrected chi connectivity index (χ1v) is 11.1. The molecule has 2 aliphatic heterocycles. The van der Waals surface area contributed by atoms with Crippen molar-refractivity contribution in [1.82, 2.24) is 10.2 Å². The number of rotatable bonds is 6. The van der Waals surface area contributed by atoms with Crippen LogP contribution in [0.2, 0.25) is 0 Å². The molecule has 2 aliphatic rings. The van der Waals surface area contributed by atoms with Gasteiger partial charge in [-0.15, -0.1) is 0 Å². The van der Waals surface area contributed by atoms with E-state index in [9.17, 15) is 14.0 Å². The van der Waals surface area contributed by atoms with E-state index in [2.05, 4.69) is 10.2 Å². The van der Waals surface area contributed by atoms with Gasteiger partial charge in [-0.05, 0) is 24.3 Å². The fourth-order valence-electron chi connectivity index (χ4n) is 3.53. The SMILES string of the molecule is O=C(CN1C(=O)/C(=C/c2ccccc2F)Sc2ccccc21)NCCN1CCOCC1. The molecule has 2 amide bonds. The molecule has 0 unspecified atom stereocenters. The van der Waals surface area contributed by atoms with Crippen LogP contribution in [0.3, 0.4) is 0 Å². The van der Waals surface area contributed by atoms with Gasteiger partial charge in [-0.2, -0.15) is 0 Å². The second-order valence-corrected chi connectivity index (χ2v) is 8.38. The van der Waals surface area contributed by atoms with E-state index in [0.29, 0.717) is 35.9 Å². The summed E-state index contributed by atoms with van der Waals surface area (Å²) in [5.41, 5.74) is 1.03. The molecule has 0 radical (unpaired) electrons. The zero-order valence-electron chi connectivity index (χ0n) is 17.1. The molecular weight excluding hydrogens is 417 g/mol. The molecule has 2 aromatic rings. The summed E-state index contributed by atoms with van der Waals surface area (Å²) >= 11 is 1.29. The summed E-state index contributed by atoms with van der Waals surface area (Å²) in [5.74, 6) is -0.932. The second kappa shape index (κ2) is 10.1. The average Bonchev–Trinajstić information content (AvgIpc) is 2.79. The van der Waals surface area contributed by atoms with Crippen molar-refractivity contribution in [3.05, 3.63) is 64.8 Å². The Morgan fingerprint density at radius 2 is 1.87 bits per heavy atom. The van der Waals surface area contributed by atoms with E-state index in [1.165, 1.54) is 22.7 Å². The van der Waals surface area contributed by atoms with E-state index < -0.39 is 5.82 Å². The fourth-order valence-corrected chi connectivity index (χ4v) is 4.58. The lowest BCUT2D eigenvalue weighted by molar-refractivity contribution is -0.122. The van der Waals surface area contributed by atoms with Crippen LogP contribution in [0.25, 0.3) is 6.08 Å². The van der Waals surface area contributed by atoms with E-state index in [1.807, 2.05) is 24.3 Å². The van der Waals surface area contributed by atoms with Gasteiger partial charge < -0.3 is 10.1 Å². The topological polar surface area (TPSA) is 61.9 Å². The molecule has 1 fully saturated rings. The van der Waals surface area contributed by atoms with Gasteiger partial charge in [-0.25, -0.2) is 4.39 Å². The molecule has 0 aliphatic carbocycles. The first kappa shape index (κ1) is 21.5. The van der Waals surface area contributed by atoms with E-state index in [0.717, 1.165) is 24.5 Å². The summed E-state index contributed by atoms with van der Waals surface area (Å²) in [6.07, 6.45) is 1.54. The van der Waals surface area contributed by atoms with Gasteiger partial charge in [0.25, 0.3) is 5.91 Å². The molecule has 0 saturated carbocycles. The van der Waals surface area contributed by atoms with Gasteiger partial charge in [0.2, 0.25) is 5.91 Å². The minimum absolute atomic E-state index is 0.0892. The molecule has 162 valence electrons. The van der Waals surface area contributed by atoms with Crippen molar-refractivity contribution in [2.75, 3.05) is 50.8 Å². The minimum atomic E-state index is -0.394. The number of ether oxygens (including phenoxy) is 1. The number of carbonyl (C=O) groups is 2. The third-order valence-electron chi connectivity index (χ3n) is 5.18. The number of carbonyl (C=O) groups excluding carboxylic acids is 2. The number of hydrogen-bond acceptors (Lipinski definition) is 5.